The van der Waals surface area contributed by atoms with Gasteiger partial charge in [-0.2, -0.15) is 0 Å². The average Bonchev–Trinajstić information content (AvgIpc) is 2.78. The number of aromatic amines is 1. The Bertz CT molecular complexity index is 1220. The summed E-state index contributed by atoms with van der Waals surface area (Å²) in [6, 6.07) is 17.8. The van der Waals surface area contributed by atoms with Crippen LogP contribution in [0.3, 0.4) is 0 Å². The molecule has 0 aliphatic carbocycles. The predicted octanol–water partition coefficient (Wildman–Crippen LogP) is 4.77. The minimum Gasteiger partial charge on any atom is -0.463 e. The molecule has 6 nitrogen and oxygen atoms in total. The van der Waals surface area contributed by atoms with Crippen molar-refractivity contribution in [1.29, 1.82) is 0 Å². The number of benzene rings is 2. The first-order chi connectivity index (χ1) is 15.5. The first-order valence-corrected chi connectivity index (χ1v) is 11.5. The summed E-state index contributed by atoms with van der Waals surface area (Å²) in [5.41, 5.74) is 4.31. The van der Waals surface area contributed by atoms with E-state index >= 15 is 0 Å². The van der Waals surface area contributed by atoms with E-state index in [9.17, 15) is 9.59 Å². The molecule has 7 heteroatoms. The van der Waals surface area contributed by atoms with E-state index in [0.717, 1.165) is 16.7 Å². The molecule has 4 rings (SSSR count). The van der Waals surface area contributed by atoms with E-state index in [1.807, 2.05) is 68.4 Å². The molecule has 0 saturated carbocycles. The van der Waals surface area contributed by atoms with Gasteiger partial charge in [0.25, 0.3) is 5.56 Å². The Morgan fingerprint density at radius 3 is 2.50 bits per heavy atom. The van der Waals surface area contributed by atoms with Crippen molar-refractivity contribution in [2.24, 2.45) is 0 Å². The van der Waals surface area contributed by atoms with Crippen LogP contribution in [0.4, 0.5) is 5.82 Å². The molecule has 0 fully saturated rings. The van der Waals surface area contributed by atoms with Crippen molar-refractivity contribution in [2.75, 3.05) is 11.9 Å². The highest BCUT2D eigenvalue weighted by atomic mass is 32.2. The molecule has 3 aromatic rings. The SMILES string of the molecule is CCOC(=O)C1=C(C)Nc2nc(SCc3ccccc3)[nH]c(=O)c2C1c1ccc(C)cc1. The molecule has 2 heterocycles. The van der Waals surface area contributed by atoms with Gasteiger partial charge in [0.15, 0.2) is 5.16 Å². The number of carbonyl (C=O) groups is 1. The van der Waals surface area contributed by atoms with Crippen molar-refractivity contribution >= 4 is 23.5 Å². The number of aryl methyl sites for hydroxylation is 1. The van der Waals surface area contributed by atoms with Crippen molar-refractivity contribution < 1.29 is 9.53 Å². The number of hydrogen-bond donors (Lipinski definition) is 2. The molecule has 1 aromatic heterocycles. The number of rotatable bonds is 6. The lowest BCUT2D eigenvalue weighted by atomic mass is 9.82. The van der Waals surface area contributed by atoms with Crippen LogP contribution in [0, 0.1) is 6.92 Å². The molecule has 1 unspecified atom stereocenters. The van der Waals surface area contributed by atoms with Gasteiger partial charge in [-0.15, -0.1) is 0 Å². The van der Waals surface area contributed by atoms with Gasteiger partial charge < -0.3 is 15.0 Å². The minimum absolute atomic E-state index is 0.257. The van der Waals surface area contributed by atoms with Gasteiger partial charge in [-0.3, -0.25) is 4.79 Å². The fourth-order valence-electron chi connectivity index (χ4n) is 3.80. The van der Waals surface area contributed by atoms with Crippen LogP contribution in [0.2, 0.25) is 0 Å². The maximum absolute atomic E-state index is 13.3. The molecule has 0 saturated heterocycles. The Kier molecular flexibility index (Phi) is 6.46. The number of H-pyrrole nitrogens is 1. The van der Waals surface area contributed by atoms with Crippen molar-refractivity contribution in [3.63, 3.8) is 0 Å². The average molecular weight is 448 g/mol. The van der Waals surface area contributed by atoms with E-state index in [4.69, 9.17) is 4.74 Å². The Morgan fingerprint density at radius 1 is 1.09 bits per heavy atom. The molecular weight excluding hydrogens is 422 g/mol. The second-order valence-electron chi connectivity index (χ2n) is 7.64. The van der Waals surface area contributed by atoms with E-state index in [0.29, 0.717) is 33.6 Å². The van der Waals surface area contributed by atoms with Crippen molar-refractivity contribution in [3.05, 3.63) is 98.5 Å². The van der Waals surface area contributed by atoms with Gasteiger partial charge in [-0.05, 0) is 31.9 Å². The molecule has 2 N–H and O–H groups in total. The number of nitrogens with zero attached hydrogens (tertiary/aromatic N) is 1. The van der Waals surface area contributed by atoms with Gasteiger partial charge in [0.1, 0.15) is 5.82 Å². The quantitative estimate of drug-likeness (QED) is 0.322. The zero-order chi connectivity index (χ0) is 22.7. The summed E-state index contributed by atoms with van der Waals surface area (Å²) >= 11 is 1.46. The number of ether oxygens (including phenoxy) is 1. The summed E-state index contributed by atoms with van der Waals surface area (Å²) in [5, 5.41) is 3.70. The molecule has 0 bridgehead atoms. The van der Waals surface area contributed by atoms with E-state index in [-0.39, 0.29) is 12.2 Å². The molecule has 1 aliphatic rings. The number of carbonyl (C=O) groups excluding carboxylic acids is 1. The second kappa shape index (κ2) is 9.44. The number of allylic oxidation sites excluding steroid dienone is 1. The highest BCUT2D eigenvalue weighted by molar-refractivity contribution is 7.98. The third-order valence-electron chi connectivity index (χ3n) is 5.35. The third-order valence-corrected chi connectivity index (χ3v) is 6.29. The van der Waals surface area contributed by atoms with Crippen molar-refractivity contribution in [3.8, 4) is 0 Å². The van der Waals surface area contributed by atoms with Crippen LogP contribution in [0.25, 0.3) is 0 Å². The van der Waals surface area contributed by atoms with Gasteiger partial charge in [0, 0.05) is 11.4 Å². The summed E-state index contributed by atoms with van der Waals surface area (Å²) in [7, 11) is 0. The molecule has 1 atom stereocenters. The summed E-state index contributed by atoms with van der Waals surface area (Å²) in [6.45, 7) is 5.84. The topological polar surface area (TPSA) is 84.1 Å². The smallest absolute Gasteiger partial charge is 0.336 e. The van der Waals surface area contributed by atoms with Gasteiger partial charge in [0.2, 0.25) is 0 Å². The normalized spacial score (nSPS) is 15.2. The predicted molar refractivity (Wildman–Crippen MR) is 127 cm³/mol. The van der Waals surface area contributed by atoms with Gasteiger partial charge in [0.05, 0.1) is 23.7 Å². The maximum atomic E-state index is 13.3. The summed E-state index contributed by atoms with van der Waals surface area (Å²) in [4.78, 5) is 33.7. The molecule has 0 radical (unpaired) electrons. The molecule has 0 amide bonds. The fourth-order valence-corrected chi connectivity index (χ4v) is 4.61. The fraction of sp³-hybridized carbons (Fsp3) is 0.240. The number of hydrogen-bond acceptors (Lipinski definition) is 6. The van der Waals surface area contributed by atoms with E-state index in [1.165, 1.54) is 11.8 Å². The first kappa shape index (κ1) is 21.9. The Morgan fingerprint density at radius 2 is 1.81 bits per heavy atom. The number of nitrogens with one attached hydrogen (secondary N) is 2. The van der Waals surface area contributed by atoms with E-state index in [2.05, 4.69) is 15.3 Å². The highest BCUT2D eigenvalue weighted by Crippen LogP contribution is 2.40. The van der Waals surface area contributed by atoms with E-state index in [1.54, 1.807) is 6.92 Å². The molecule has 0 spiro atoms. The Labute approximate surface area is 191 Å². The second-order valence-corrected chi connectivity index (χ2v) is 8.60. The first-order valence-electron chi connectivity index (χ1n) is 10.5. The molecular formula is C25H25N3O3S. The third kappa shape index (κ3) is 4.48. The zero-order valence-electron chi connectivity index (χ0n) is 18.3. The lowest BCUT2D eigenvalue weighted by Gasteiger charge is -2.28. The van der Waals surface area contributed by atoms with Crippen LogP contribution < -0.4 is 10.9 Å². The highest BCUT2D eigenvalue weighted by Gasteiger charge is 2.36. The number of esters is 1. The Balaban J connectivity index is 1.76. The molecule has 164 valence electrons. The lowest BCUT2D eigenvalue weighted by Crippen LogP contribution is -2.31. The van der Waals surface area contributed by atoms with Gasteiger partial charge in [-0.25, -0.2) is 9.78 Å². The number of aromatic nitrogens is 2. The van der Waals surface area contributed by atoms with Crippen LogP contribution in [0.1, 0.15) is 42.0 Å². The summed E-state index contributed by atoms with van der Waals surface area (Å²) in [5.74, 6) is 0.166. The largest absolute Gasteiger partial charge is 0.463 e. The van der Waals surface area contributed by atoms with Gasteiger partial charge in [-0.1, -0.05) is 71.9 Å². The van der Waals surface area contributed by atoms with Crippen LogP contribution in [-0.4, -0.2) is 22.5 Å². The number of thioether (sulfide) groups is 1. The summed E-state index contributed by atoms with van der Waals surface area (Å²) < 4.78 is 5.32. The van der Waals surface area contributed by atoms with Crippen LogP contribution in [-0.2, 0) is 15.3 Å². The molecule has 2 aromatic carbocycles. The van der Waals surface area contributed by atoms with Crippen molar-refractivity contribution in [2.45, 2.75) is 37.6 Å². The standard InChI is InChI=1S/C25H25N3O3S/c1-4-31-24(30)19-16(3)26-22-21(20(19)18-12-10-15(2)11-13-18)23(29)28-25(27-22)32-14-17-8-6-5-7-9-17/h5-13,20H,4,14H2,1-3H3,(H2,26,27,28,29). The van der Waals surface area contributed by atoms with Crippen LogP contribution in [0.5, 0.6) is 0 Å². The number of fused-ring (bicyclic) bond motifs is 1. The minimum atomic E-state index is -0.560. The van der Waals surface area contributed by atoms with E-state index < -0.39 is 11.9 Å². The van der Waals surface area contributed by atoms with Crippen LogP contribution in [0.15, 0.2) is 75.8 Å². The summed E-state index contributed by atoms with van der Waals surface area (Å²) in [6.07, 6.45) is 0. The molecule has 1 aliphatic heterocycles. The Hall–Kier alpha value is -3.32. The lowest BCUT2D eigenvalue weighted by molar-refractivity contribution is -0.138. The molecule has 32 heavy (non-hydrogen) atoms. The monoisotopic (exact) mass is 447 g/mol. The van der Waals surface area contributed by atoms with Crippen LogP contribution >= 0.6 is 11.8 Å². The van der Waals surface area contributed by atoms with Crippen molar-refractivity contribution in [1.82, 2.24) is 9.97 Å². The maximum Gasteiger partial charge on any atom is 0.336 e. The number of anilines is 1. The zero-order valence-corrected chi connectivity index (χ0v) is 19.1. The van der Waals surface area contributed by atoms with Gasteiger partial charge >= 0.3 is 5.97 Å².